The third-order valence-corrected chi connectivity index (χ3v) is 4.06. The molecule has 1 aliphatic heterocycles. The van der Waals surface area contributed by atoms with Crippen LogP contribution in [-0.2, 0) is 0 Å². The normalized spacial score (nSPS) is 13.8. The summed E-state index contributed by atoms with van der Waals surface area (Å²) in [6.07, 6.45) is 0. The molecule has 1 aliphatic rings. The van der Waals surface area contributed by atoms with E-state index in [9.17, 15) is 0 Å². The maximum atomic E-state index is 4.38. The van der Waals surface area contributed by atoms with Crippen molar-refractivity contribution in [2.45, 2.75) is 6.92 Å². The Morgan fingerprint density at radius 2 is 1.95 bits per heavy atom. The Balaban J connectivity index is 2.02. The van der Waals surface area contributed by atoms with Gasteiger partial charge in [-0.15, -0.1) is 0 Å². The zero-order valence-electron chi connectivity index (χ0n) is 11.3. The average Bonchev–Trinajstić information content (AvgIpc) is 2.96. The maximum absolute atomic E-state index is 4.38. The van der Waals surface area contributed by atoms with E-state index in [0.717, 1.165) is 29.2 Å². The number of aliphatic imine (C=N–C) groups is 1. The van der Waals surface area contributed by atoms with E-state index < -0.39 is 0 Å². The molecule has 0 aromatic heterocycles. The highest BCUT2D eigenvalue weighted by atomic mass is 79.9. The molecule has 3 nitrogen and oxygen atoms in total. The fourth-order valence-electron chi connectivity index (χ4n) is 2.38. The molecule has 3 rings (SSSR count). The van der Waals surface area contributed by atoms with Crippen molar-refractivity contribution < 1.29 is 0 Å². The van der Waals surface area contributed by atoms with E-state index >= 15 is 0 Å². The molecule has 0 amide bonds. The van der Waals surface area contributed by atoms with Crippen molar-refractivity contribution in [2.75, 3.05) is 18.4 Å². The molecular formula is C16H16BrN3. The standard InChI is InChI=1S/C16H16BrN3/c1-11-14(20-16-18-9-10-19-16)8-7-13(17)15(11)12-5-3-2-4-6-12/h2-8H,9-10H2,1H3,(H2,18,19,20). The molecule has 0 atom stereocenters. The van der Waals surface area contributed by atoms with Crippen LogP contribution in [0.3, 0.4) is 0 Å². The Labute approximate surface area is 127 Å². The molecule has 0 radical (unpaired) electrons. The zero-order valence-corrected chi connectivity index (χ0v) is 12.9. The number of rotatable bonds is 2. The molecule has 0 saturated heterocycles. The second-order valence-electron chi connectivity index (χ2n) is 4.74. The molecule has 2 N–H and O–H groups in total. The van der Waals surface area contributed by atoms with Gasteiger partial charge in [-0.2, -0.15) is 0 Å². The summed E-state index contributed by atoms with van der Waals surface area (Å²) >= 11 is 3.66. The minimum atomic E-state index is 0.837. The van der Waals surface area contributed by atoms with Crippen LogP contribution in [0.1, 0.15) is 5.56 Å². The number of hydrogen-bond acceptors (Lipinski definition) is 3. The van der Waals surface area contributed by atoms with Crippen molar-refractivity contribution in [3.05, 3.63) is 52.5 Å². The highest BCUT2D eigenvalue weighted by Gasteiger charge is 2.12. The molecular weight excluding hydrogens is 314 g/mol. The first-order valence-corrected chi connectivity index (χ1v) is 7.45. The van der Waals surface area contributed by atoms with Crippen molar-refractivity contribution in [3.8, 4) is 11.1 Å². The number of benzene rings is 2. The van der Waals surface area contributed by atoms with Gasteiger partial charge in [0.05, 0.1) is 6.54 Å². The van der Waals surface area contributed by atoms with Crippen LogP contribution in [0.15, 0.2) is 51.9 Å². The minimum absolute atomic E-state index is 0.837. The number of nitrogens with zero attached hydrogens (tertiary/aromatic N) is 1. The summed E-state index contributed by atoms with van der Waals surface area (Å²) in [5.74, 6) is 0.856. The molecule has 0 unspecified atom stereocenters. The van der Waals surface area contributed by atoms with Crippen LogP contribution in [0, 0.1) is 6.92 Å². The lowest BCUT2D eigenvalue weighted by molar-refractivity contribution is 0.959. The molecule has 102 valence electrons. The molecule has 20 heavy (non-hydrogen) atoms. The van der Waals surface area contributed by atoms with Crippen LogP contribution in [-0.4, -0.2) is 19.0 Å². The molecule has 4 heteroatoms. The third-order valence-electron chi connectivity index (χ3n) is 3.40. The van der Waals surface area contributed by atoms with E-state index in [1.807, 2.05) is 6.07 Å². The molecule has 2 aromatic rings. The Morgan fingerprint density at radius 1 is 1.15 bits per heavy atom. The van der Waals surface area contributed by atoms with E-state index in [1.54, 1.807) is 0 Å². The Bertz CT molecular complexity index is 650. The van der Waals surface area contributed by atoms with Gasteiger partial charge in [-0.25, -0.2) is 0 Å². The minimum Gasteiger partial charge on any atom is -0.354 e. The molecule has 1 heterocycles. The molecule has 0 spiro atoms. The fraction of sp³-hybridized carbons (Fsp3) is 0.188. The van der Waals surface area contributed by atoms with Gasteiger partial charge >= 0.3 is 0 Å². The summed E-state index contributed by atoms with van der Waals surface area (Å²) in [7, 11) is 0. The van der Waals surface area contributed by atoms with Crippen LogP contribution >= 0.6 is 15.9 Å². The summed E-state index contributed by atoms with van der Waals surface area (Å²) in [5, 5.41) is 6.60. The van der Waals surface area contributed by atoms with Crippen LogP contribution in [0.2, 0.25) is 0 Å². The smallest absolute Gasteiger partial charge is 0.195 e. The van der Waals surface area contributed by atoms with Crippen molar-refractivity contribution in [3.63, 3.8) is 0 Å². The lowest BCUT2D eigenvalue weighted by Crippen LogP contribution is -2.26. The fourth-order valence-corrected chi connectivity index (χ4v) is 3.04. The Morgan fingerprint density at radius 3 is 2.65 bits per heavy atom. The number of halogens is 1. The van der Waals surface area contributed by atoms with Crippen molar-refractivity contribution >= 4 is 27.6 Å². The number of anilines is 1. The first kappa shape index (κ1) is 13.2. The van der Waals surface area contributed by atoms with Gasteiger partial charge < -0.3 is 10.6 Å². The summed E-state index contributed by atoms with van der Waals surface area (Å²) in [6.45, 7) is 3.87. The SMILES string of the molecule is Cc1c(NC2=NCCN2)ccc(Br)c1-c1ccccc1. The van der Waals surface area contributed by atoms with Gasteiger partial charge in [0.2, 0.25) is 0 Å². The Kier molecular flexibility index (Phi) is 3.74. The van der Waals surface area contributed by atoms with Gasteiger partial charge in [-0.05, 0) is 30.2 Å². The zero-order chi connectivity index (χ0) is 13.9. The molecule has 2 aromatic carbocycles. The van der Waals surface area contributed by atoms with Crippen molar-refractivity contribution in [1.29, 1.82) is 0 Å². The van der Waals surface area contributed by atoms with Gasteiger partial charge in [0.1, 0.15) is 0 Å². The van der Waals surface area contributed by atoms with E-state index in [0.29, 0.717) is 0 Å². The van der Waals surface area contributed by atoms with Gasteiger partial charge in [0, 0.05) is 22.3 Å². The summed E-state index contributed by atoms with van der Waals surface area (Å²) < 4.78 is 1.10. The second kappa shape index (κ2) is 5.67. The van der Waals surface area contributed by atoms with Gasteiger partial charge in [-0.3, -0.25) is 4.99 Å². The van der Waals surface area contributed by atoms with Gasteiger partial charge in [0.15, 0.2) is 5.96 Å². The number of guanidine groups is 1. The van der Waals surface area contributed by atoms with Gasteiger partial charge in [-0.1, -0.05) is 46.3 Å². The van der Waals surface area contributed by atoms with E-state index in [-0.39, 0.29) is 0 Å². The average molecular weight is 330 g/mol. The van der Waals surface area contributed by atoms with Crippen molar-refractivity contribution in [1.82, 2.24) is 5.32 Å². The second-order valence-corrected chi connectivity index (χ2v) is 5.60. The van der Waals surface area contributed by atoms with E-state index in [4.69, 9.17) is 0 Å². The Hall–Kier alpha value is -1.81. The first-order valence-electron chi connectivity index (χ1n) is 6.65. The first-order chi connectivity index (χ1) is 9.75. The maximum Gasteiger partial charge on any atom is 0.195 e. The van der Waals surface area contributed by atoms with Crippen LogP contribution in [0.25, 0.3) is 11.1 Å². The number of hydrogen-bond donors (Lipinski definition) is 2. The lowest BCUT2D eigenvalue weighted by Gasteiger charge is -2.15. The summed E-state index contributed by atoms with van der Waals surface area (Å²) in [4.78, 5) is 4.38. The van der Waals surface area contributed by atoms with E-state index in [1.165, 1.54) is 16.7 Å². The molecule has 0 bridgehead atoms. The molecule has 0 saturated carbocycles. The highest BCUT2D eigenvalue weighted by Crippen LogP contribution is 2.35. The number of nitrogens with one attached hydrogen (secondary N) is 2. The molecule has 0 aliphatic carbocycles. The topological polar surface area (TPSA) is 36.4 Å². The van der Waals surface area contributed by atoms with Crippen molar-refractivity contribution in [2.24, 2.45) is 4.99 Å². The monoisotopic (exact) mass is 329 g/mol. The largest absolute Gasteiger partial charge is 0.354 e. The van der Waals surface area contributed by atoms with Crippen LogP contribution in [0.5, 0.6) is 0 Å². The predicted molar refractivity (Wildman–Crippen MR) is 88.2 cm³/mol. The van der Waals surface area contributed by atoms with Gasteiger partial charge in [0.25, 0.3) is 0 Å². The van der Waals surface area contributed by atoms with Crippen LogP contribution in [0.4, 0.5) is 5.69 Å². The lowest BCUT2D eigenvalue weighted by atomic mass is 9.99. The van der Waals surface area contributed by atoms with Crippen LogP contribution < -0.4 is 10.6 Å². The highest BCUT2D eigenvalue weighted by molar-refractivity contribution is 9.10. The molecule has 0 fully saturated rings. The predicted octanol–water partition coefficient (Wildman–Crippen LogP) is 3.80. The van der Waals surface area contributed by atoms with E-state index in [2.05, 4.69) is 74.9 Å². The third kappa shape index (κ3) is 2.56. The summed E-state index contributed by atoms with van der Waals surface area (Å²) in [5.41, 5.74) is 4.72. The quantitative estimate of drug-likeness (QED) is 0.879. The summed E-state index contributed by atoms with van der Waals surface area (Å²) in [6, 6.07) is 14.6.